The molecule has 0 amide bonds. The zero-order chi connectivity index (χ0) is 14.8. The highest BCUT2D eigenvalue weighted by atomic mass is 16.5. The minimum atomic E-state index is 0.288. The SMILES string of the molecule is COc1ccnc(CN(C)C[C@@H]2CCN(C)C2(C)C)c1. The van der Waals surface area contributed by atoms with Crippen molar-refractivity contribution in [3.8, 4) is 5.75 Å². The molecule has 112 valence electrons. The first-order valence-corrected chi connectivity index (χ1v) is 7.32. The van der Waals surface area contributed by atoms with Gasteiger partial charge in [0.15, 0.2) is 0 Å². The molecule has 2 heterocycles. The number of likely N-dealkylation sites (tertiary alicyclic amines) is 1. The Labute approximate surface area is 122 Å². The Kier molecular flexibility index (Phi) is 4.66. The number of hydrogen-bond acceptors (Lipinski definition) is 4. The van der Waals surface area contributed by atoms with Crippen LogP contribution in [-0.2, 0) is 6.54 Å². The van der Waals surface area contributed by atoms with Gasteiger partial charge in [0.2, 0.25) is 0 Å². The van der Waals surface area contributed by atoms with Crippen molar-refractivity contribution in [1.29, 1.82) is 0 Å². The van der Waals surface area contributed by atoms with E-state index in [4.69, 9.17) is 4.74 Å². The van der Waals surface area contributed by atoms with Gasteiger partial charge in [0.1, 0.15) is 5.75 Å². The largest absolute Gasteiger partial charge is 0.497 e. The number of aromatic nitrogens is 1. The maximum atomic E-state index is 5.25. The van der Waals surface area contributed by atoms with Gasteiger partial charge >= 0.3 is 0 Å². The lowest BCUT2D eigenvalue weighted by Gasteiger charge is -2.35. The van der Waals surface area contributed by atoms with Gasteiger partial charge in [-0.15, -0.1) is 0 Å². The second kappa shape index (κ2) is 6.10. The van der Waals surface area contributed by atoms with E-state index >= 15 is 0 Å². The van der Waals surface area contributed by atoms with Crippen LogP contribution in [0.3, 0.4) is 0 Å². The number of hydrogen-bond donors (Lipinski definition) is 0. The predicted octanol–water partition coefficient (Wildman–Crippen LogP) is 2.25. The molecule has 1 aromatic rings. The number of pyridine rings is 1. The van der Waals surface area contributed by atoms with Gasteiger partial charge in [-0.25, -0.2) is 0 Å². The van der Waals surface area contributed by atoms with Gasteiger partial charge in [-0.1, -0.05) is 0 Å². The molecule has 0 unspecified atom stereocenters. The van der Waals surface area contributed by atoms with E-state index in [1.165, 1.54) is 13.0 Å². The summed E-state index contributed by atoms with van der Waals surface area (Å²) in [4.78, 5) is 9.26. The van der Waals surface area contributed by atoms with Gasteiger partial charge in [-0.05, 0) is 52.9 Å². The third kappa shape index (κ3) is 3.30. The van der Waals surface area contributed by atoms with Crippen molar-refractivity contribution in [1.82, 2.24) is 14.8 Å². The molecule has 0 saturated carbocycles. The van der Waals surface area contributed by atoms with Crippen molar-refractivity contribution in [2.45, 2.75) is 32.4 Å². The molecule has 1 aromatic heterocycles. The molecular formula is C16H27N3O. The van der Waals surface area contributed by atoms with Gasteiger partial charge in [-0.3, -0.25) is 4.98 Å². The monoisotopic (exact) mass is 277 g/mol. The Morgan fingerprint density at radius 1 is 1.50 bits per heavy atom. The molecule has 20 heavy (non-hydrogen) atoms. The molecule has 0 spiro atoms. The minimum absolute atomic E-state index is 0.288. The number of ether oxygens (including phenoxy) is 1. The van der Waals surface area contributed by atoms with Gasteiger partial charge in [0, 0.05) is 30.9 Å². The number of methoxy groups -OCH3 is 1. The van der Waals surface area contributed by atoms with Gasteiger partial charge in [0.05, 0.1) is 12.8 Å². The molecule has 4 nitrogen and oxygen atoms in total. The fourth-order valence-corrected chi connectivity index (χ4v) is 3.00. The van der Waals surface area contributed by atoms with Crippen molar-refractivity contribution in [2.75, 3.05) is 34.3 Å². The van der Waals surface area contributed by atoms with Crippen molar-refractivity contribution >= 4 is 0 Å². The van der Waals surface area contributed by atoms with Crippen LogP contribution >= 0.6 is 0 Å². The second-order valence-electron chi connectivity index (χ2n) is 6.44. The normalized spacial score (nSPS) is 22.4. The average Bonchev–Trinajstić information content (AvgIpc) is 2.66. The van der Waals surface area contributed by atoms with E-state index in [0.717, 1.165) is 24.5 Å². The third-order valence-corrected chi connectivity index (χ3v) is 4.78. The molecule has 1 aliphatic heterocycles. The van der Waals surface area contributed by atoms with Crippen LogP contribution in [0.4, 0.5) is 0 Å². The summed E-state index contributed by atoms with van der Waals surface area (Å²) in [6.07, 6.45) is 3.09. The number of rotatable bonds is 5. The Morgan fingerprint density at radius 3 is 2.85 bits per heavy atom. The third-order valence-electron chi connectivity index (χ3n) is 4.78. The summed E-state index contributed by atoms with van der Waals surface area (Å²) < 4.78 is 5.25. The van der Waals surface area contributed by atoms with Crippen LogP contribution in [0.5, 0.6) is 5.75 Å². The second-order valence-corrected chi connectivity index (χ2v) is 6.44. The van der Waals surface area contributed by atoms with Gasteiger partial charge < -0.3 is 14.5 Å². The molecule has 1 saturated heterocycles. The molecule has 0 bridgehead atoms. The standard InChI is InChI=1S/C16H27N3O/c1-16(2)13(7-9-19(16)4)11-18(3)12-14-10-15(20-5)6-8-17-14/h6,8,10,13H,7,9,11-12H2,1-5H3/t13-/m0/s1. The first kappa shape index (κ1) is 15.3. The van der Waals surface area contributed by atoms with E-state index in [9.17, 15) is 0 Å². The van der Waals surface area contributed by atoms with E-state index in [2.05, 4.69) is 42.7 Å². The van der Waals surface area contributed by atoms with E-state index in [0.29, 0.717) is 5.92 Å². The molecule has 1 atom stereocenters. The lowest BCUT2D eigenvalue weighted by molar-refractivity contribution is 0.140. The van der Waals surface area contributed by atoms with Crippen LogP contribution in [-0.4, -0.2) is 54.6 Å². The lowest BCUT2D eigenvalue weighted by Crippen LogP contribution is -2.43. The molecule has 0 aromatic carbocycles. The van der Waals surface area contributed by atoms with Crippen molar-refractivity contribution < 1.29 is 4.74 Å². The molecule has 4 heteroatoms. The maximum Gasteiger partial charge on any atom is 0.122 e. The molecule has 2 rings (SSSR count). The topological polar surface area (TPSA) is 28.6 Å². The van der Waals surface area contributed by atoms with Crippen LogP contribution in [0.1, 0.15) is 26.0 Å². The first-order valence-electron chi connectivity index (χ1n) is 7.32. The molecule has 1 fully saturated rings. The predicted molar refractivity (Wildman–Crippen MR) is 81.9 cm³/mol. The first-order chi connectivity index (χ1) is 9.43. The Hall–Kier alpha value is -1.13. The average molecular weight is 277 g/mol. The highest BCUT2D eigenvalue weighted by molar-refractivity contribution is 5.22. The maximum absolute atomic E-state index is 5.25. The van der Waals surface area contributed by atoms with Crippen LogP contribution in [0.25, 0.3) is 0 Å². The zero-order valence-corrected chi connectivity index (χ0v) is 13.4. The summed E-state index contributed by atoms with van der Waals surface area (Å²) >= 11 is 0. The lowest BCUT2D eigenvalue weighted by atomic mass is 9.88. The van der Waals surface area contributed by atoms with Crippen LogP contribution in [0, 0.1) is 5.92 Å². The molecule has 1 aliphatic rings. The van der Waals surface area contributed by atoms with Crippen molar-refractivity contribution in [2.24, 2.45) is 5.92 Å². The summed E-state index contributed by atoms with van der Waals surface area (Å²) in [5.41, 5.74) is 1.35. The fraction of sp³-hybridized carbons (Fsp3) is 0.688. The summed E-state index contributed by atoms with van der Waals surface area (Å²) in [7, 11) is 6.10. The Bertz CT molecular complexity index is 447. The van der Waals surface area contributed by atoms with Crippen molar-refractivity contribution in [3.05, 3.63) is 24.0 Å². The summed E-state index contributed by atoms with van der Waals surface area (Å²) in [5, 5.41) is 0. The smallest absolute Gasteiger partial charge is 0.122 e. The van der Waals surface area contributed by atoms with E-state index < -0.39 is 0 Å². The highest BCUT2D eigenvalue weighted by Crippen LogP contribution is 2.33. The van der Waals surface area contributed by atoms with Crippen LogP contribution in [0.15, 0.2) is 18.3 Å². The molecule has 0 radical (unpaired) electrons. The Balaban J connectivity index is 1.94. The van der Waals surface area contributed by atoms with E-state index in [1.54, 1.807) is 7.11 Å². The van der Waals surface area contributed by atoms with E-state index in [-0.39, 0.29) is 5.54 Å². The highest BCUT2D eigenvalue weighted by Gasteiger charge is 2.39. The summed E-state index contributed by atoms with van der Waals surface area (Å²) in [6.45, 7) is 7.87. The van der Waals surface area contributed by atoms with Crippen LogP contribution < -0.4 is 4.74 Å². The Morgan fingerprint density at radius 2 is 2.25 bits per heavy atom. The van der Waals surface area contributed by atoms with E-state index in [1.807, 2.05) is 18.3 Å². The quantitative estimate of drug-likeness (QED) is 0.825. The van der Waals surface area contributed by atoms with Gasteiger partial charge in [0.25, 0.3) is 0 Å². The number of nitrogens with zero attached hydrogens (tertiary/aromatic N) is 3. The molecule has 0 N–H and O–H groups in total. The molecular weight excluding hydrogens is 250 g/mol. The van der Waals surface area contributed by atoms with Crippen molar-refractivity contribution in [3.63, 3.8) is 0 Å². The summed E-state index contributed by atoms with van der Waals surface area (Å²) in [5.74, 6) is 1.59. The fourth-order valence-electron chi connectivity index (χ4n) is 3.00. The zero-order valence-electron chi connectivity index (χ0n) is 13.4. The van der Waals surface area contributed by atoms with Crippen LogP contribution in [0.2, 0.25) is 0 Å². The molecule has 0 aliphatic carbocycles. The van der Waals surface area contributed by atoms with Gasteiger partial charge in [-0.2, -0.15) is 0 Å². The minimum Gasteiger partial charge on any atom is -0.497 e. The summed E-state index contributed by atoms with van der Waals surface area (Å²) in [6, 6.07) is 3.90.